The first-order valence-electron chi connectivity index (χ1n) is 11.6. The molecule has 4 heterocycles. The van der Waals surface area contributed by atoms with Crippen molar-refractivity contribution in [3.8, 4) is 0 Å². The Labute approximate surface area is 211 Å². The Hall–Kier alpha value is -3.19. The van der Waals surface area contributed by atoms with E-state index >= 15 is 0 Å². The number of ether oxygens (including phenoxy) is 1. The van der Waals surface area contributed by atoms with Crippen molar-refractivity contribution in [1.29, 1.82) is 0 Å². The van der Waals surface area contributed by atoms with Gasteiger partial charge in [0.2, 0.25) is 5.95 Å². The van der Waals surface area contributed by atoms with E-state index in [9.17, 15) is 18.0 Å². The van der Waals surface area contributed by atoms with Crippen LogP contribution in [0.15, 0.2) is 30.8 Å². The molecule has 13 heteroatoms. The van der Waals surface area contributed by atoms with Gasteiger partial charge in [-0.15, -0.1) is 11.3 Å². The lowest BCUT2D eigenvalue weighted by atomic mass is 9.98. The molecule has 2 aliphatic heterocycles. The van der Waals surface area contributed by atoms with Gasteiger partial charge < -0.3 is 20.3 Å². The molecule has 0 saturated carbocycles. The fraction of sp³-hybridized carbons (Fsp3) is 0.478. The molecule has 1 fully saturated rings. The molecule has 194 valence electrons. The molecule has 0 atom stereocenters. The minimum absolute atomic E-state index is 0.0530. The minimum Gasteiger partial charge on any atom is -0.418 e. The van der Waals surface area contributed by atoms with Crippen molar-refractivity contribution in [3.05, 3.63) is 47.1 Å². The van der Waals surface area contributed by atoms with Crippen LogP contribution >= 0.6 is 11.3 Å². The maximum absolute atomic E-state index is 13.6. The summed E-state index contributed by atoms with van der Waals surface area (Å²) in [6.45, 7) is 4.30. The Morgan fingerprint density at radius 1 is 1.22 bits per heavy atom. The van der Waals surface area contributed by atoms with Gasteiger partial charge in [0.25, 0.3) is 0 Å². The largest absolute Gasteiger partial charge is 0.421 e. The molecular weight excluding hydrogens is 495 g/mol. The number of carbonyl (C=O) groups is 1. The number of alkyl halides is 3. The summed E-state index contributed by atoms with van der Waals surface area (Å²) in [5, 5.41) is 7.53. The minimum atomic E-state index is -4.62. The smallest absolute Gasteiger partial charge is 0.418 e. The van der Waals surface area contributed by atoms with E-state index in [1.807, 2.05) is 6.92 Å². The number of anilines is 3. The molecule has 36 heavy (non-hydrogen) atoms. The average Bonchev–Trinajstić information content (AvgIpc) is 3.06. The molecule has 2 aromatic rings. The Morgan fingerprint density at radius 2 is 2.00 bits per heavy atom. The molecule has 0 spiro atoms. The third kappa shape index (κ3) is 6.52. The van der Waals surface area contributed by atoms with E-state index < -0.39 is 17.8 Å². The van der Waals surface area contributed by atoms with Gasteiger partial charge in [0.05, 0.1) is 17.0 Å². The average molecular weight is 524 g/mol. The quantitative estimate of drug-likeness (QED) is 0.462. The topological polar surface area (TPSA) is 95.5 Å². The lowest BCUT2D eigenvalue weighted by molar-refractivity contribution is -0.137. The number of aromatic nitrogens is 3. The Bertz CT molecular complexity index is 1130. The van der Waals surface area contributed by atoms with Gasteiger partial charge in [-0.1, -0.05) is 0 Å². The number of likely N-dealkylation sites (tertiary alicyclic amines) is 1. The van der Waals surface area contributed by atoms with Crippen LogP contribution in [0.2, 0.25) is 0 Å². The van der Waals surface area contributed by atoms with E-state index in [2.05, 4.69) is 37.5 Å². The SMILES string of the molecule is Cc1nc(C2CCN(C)CC2)sc1Nc1ncc(C(F)(F)F)c(NCCCN2C=CC=COC2=O)n1. The highest BCUT2D eigenvalue weighted by molar-refractivity contribution is 7.16. The lowest BCUT2D eigenvalue weighted by Crippen LogP contribution is -2.29. The zero-order valence-corrected chi connectivity index (χ0v) is 20.8. The number of allylic oxidation sites excluding steroid dienone is 2. The number of carbonyl (C=O) groups excluding carboxylic acids is 1. The standard InChI is InChI=1S/C23H28F3N7O2S/c1-15-19(36-20(29-15)16-6-11-32(2)12-7-16)31-21-28-14-17(23(24,25)26)18(30-21)27-8-5-10-33-9-3-4-13-35-22(33)34/h3-4,9,13-14,16H,5-8,10-12H2,1-2H3,(H2,27,28,30,31). The summed E-state index contributed by atoms with van der Waals surface area (Å²) >= 11 is 1.49. The predicted octanol–water partition coefficient (Wildman–Crippen LogP) is 5.09. The normalized spacial score (nSPS) is 17.2. The molecule has 0 radical (unpaired) electrons. The van der Waals surface area contributed by atoms with Crippen LogP contribution in [-0.4, -0.2) is 64.1 Å². The molecule has 2 aromatic heterocycles. The van der Waals surface area contributed by atoms with Crippen LogP contribution in [-0.2, 0) is 10.9 Å². The van der Waals surface area contributed by atoms with Crippen LogP contribution in [0.1, 0.15) is 41.4 Å². The second-order valence-electron chi connectivity index (χ2n) is 8.65. The maximum Gasteiger partial charge on any atom is 0.421 e. The Morgan fingerprint density at radius 3 is 2.75 bits per heavy atom. The monoisotopic (exact) mass is 523 g/mol. The summed E-state index contributed by atoms with van der Waals surface area (Å²) in [4.78, 5) is 28.1. The first-order valence-corrected chi connectivity index (χ1v) is 12.4. The van der Waals surface area contributed by atoms with E-state index in [-0.39, 0.29) is 24.9 Å². The second kappa shape index (κ2) is 11.2. The summed E-state index contributed by atoms with van der Waals surface area (Å²) in [5.41, 5.74) is -0.196. The second-order valence-corrected chi connectivity index (χ2v) is 9.68. The molecule has 9 nitrogen and oxygen atoms in total. The molecule has 1 saturated heterocycles. The third-order valence-electron chi connectivity index (χ3n) is 5.93. The van der Waals surface area contributed by atoms with Crippen molar-refractivity contribution in [2.45, 2.75) is 38.3 Å². The van der Waals surface area contributed by atoms with E-state index in [1.54, 1.807) is 18.4 Å². The molecule has 2 aliphatic rings. The number of thiazole rings is 1. The number of cyclic esters (lactones) is 1. The molecular formula is C23H28F3N7O2S. The van der Waals surface area contributed by atoms with Gasteiger partial charge in [-0.3, -0.25) is 4.90 Å². The van der Waals surface area contributed by atoms with Crippen LogP contribution in [0.5, 0.6) is 0 Å². The van der Waals surface area contributed by atoms with Crippen molar-refractivity contribution in [2.24, 2.45) is 0 Å². The summed E-state index contributed by atoms with van der Waals surface area (Å²) in [6, 6.07) is 0. The third-order valence-corrected chi connectivity index (χ3v) is 7.16. The number of rotatable bonds is 8. The number of hydrogen-bond acceptors (Lipinski definition) is 9. The van der Waals surface area contributed by atoms with Crippen molar-refractivity contribution in [2.75, 3.05) is 43.9 Å². The maximum atomic E-state index is 13.6. The zero-order valence-electron chi connectivity index (χ0n) is 20.0. The molecule has 0 bridgehead atoms. The van der Waals surface area contributed by atoms with Gasteiger partial charge in [-0.2, -0.15) is 18.2 Å². The molecule has 1 amide bonds. The van der Waals surface area contributed by atoms with Gasteiger partial charge in [-0.25, -0.2) is 14.8 Å². The van der Waals surface area contributed by atoms with Crippen molar-refractivity contribution in [1.82, 2.24) is 24.8 Å². The number of nitrogens with zero attached hydrogens (tertiary/aromatic N) is 5. The number of amides is 1. The summed E-state index contributed by atoms with van der Waals surface area (Å²) < 4.78 is 45.6. The Kier molecular flexibility index (Phi) is 8.09. The highest BCUT2D eigenvalue weighted by Gasteiger charge is 2.35. The van der Waals surface area contributed by atoms with Gasteiger partial charge in [0, 0.05) is 31.4 Å². The molecule has 0 aromatic carbocycles. The highest BCUT2D eigenvalue weighted by atomic mass is 32.1. The van der Waals surface area contributed by atoms with Gasteiger partial charge in [0.1, 0.15) is 16.4 Å². The lowest BCUT2D eigenvalue weighted by Gasteiger charge is -2.27. The molecule has 0 unspecified atom stereocenters. The fourth-order valence-corrected chi connectivity index (χ4v) is 5.03. The number of piperidine rings is 1. The van der Waals surface area contributed by atoms with Gasteiger partial charge >= 0.3 is 12.3 Å². The van der Waals surface area contributed by atoms with Gasteiger partial charge in [-0.05, 0) is 58.5 Å². The summed E-state index contributed by atoms with van der Waals surface area (Å²) in [7, 11) is 2.10. The zero-order chi connectivity index (χ0) is 25.7. The first-order chi connectivity index (χ1) is 17.2. The van der Waals surface area contributed by atoms with Crippen molar-refractivity contribution < 1.29 is 22.7 Å². The number of nitrogens with one attached hydrogen (secondary N) is 2. The van der Waals surface area contributed by atoms with E-state index in [4.69, 9.17) is 4.74 Å². The number of hydrogen-bond donors (Lipinski definition) is 2. The number of halogens is 3. The van der Waals surface area contributed by atoms with Crippen LogP contribution in [0.4, 0.5) is 34.7 Å². The molecule has 2 N–H and O–H groups in total. The summed E-state index contributed by atoms with van der Waals surface area (Å²) in [6.07, 6.45) is 4.05. The predicted molar refractivity (Wildman–Crippen MR) is 131 cm³/mol. The van der Waals surface area contributed by atoms with E-state index in [0.29, 0.717) is 12.3 Å². The first kappa shape index (κ1) is 25.9. The fourth-order valence-electron chi connectivity index (χ4n) is 3.90. The molecule has 0 aliphatic carbocycles. The van der Waals surface area contributed by atoms with Crippen LogP contribution < -0.4 is 10.6 Å². The summed E-state index contributed by atoms with van der Waals surface area (Å²) in [5.74, 6) is 0.101. The highest BCUT2D eigenvalue weighted by Crippen LogP contribution is 2.37. The van der Waals surface area contributed by atoms with Gasteiger partial charge in [0.15, 0.2) is 0 Å². The Balaban J connectivity index is 1.42. The van der Waals surface area contributed by atoms with Crippen LogP contribution in [0.3, 0.4) is 0 Å². The van der Waals surface area contributed by atoms with E-state index in [0.717, 1.165) is 47.8 Å². The van der Waals surface area contributed by atoms with Crippen LogP contribution in [0, 0.1) is 6.92 Å². The van der Waals surface area contributed by atoms with Crippen molar-refractivity contribution in [3.63, 3.8) is 0 Å². The van der Waals surface area contributed by atoms with Crippen LogP contribution in [0.25, 0.3) is 0 Å². The van der Waals surface area contributed by atoms with Crippen molar-refractivity contribution >= 4 is 34.2 Å². The molecule has 4 rings (SSSR count). The number of aryl methyl sites for hydroxylation is 1. The van der Waals surface area contributed by atoms with E-state index in [1.165, 1.54) is 22.5 Å².